The fourth-order valence-electron chi connectivity index (χ4n) is 1.21. The summed E-state index contributed by atoms with van der Waals surface area (Å²) < 4.78 is 30.3. The zero-order valence-electron chi connectivity index (χ0n) is 9.31. The van der Waals surface area contributed by atoms with Crippen LogP contribution in [0.3, 0.4) is 0 Å². The van der Waals surface area contributed by atoms with Crippen molar-refractivity contribution in [2.24, 2.45) is 0 Å². The molecule has 0 aliphatic rings. The number of hydrogen-bond acceptors (Lipinski definition) is 4. The average molecular weight is 280 g/mol. The number of rotatable bonds is 6. The quantitative estimate of drug-likeness (QED) is 0.615. The normalized spacial score (nSPS) is 11.4. The molecule has 1 aromatic rings. The molecule has 0 aromatic heterocycles. The second kappa shape index (κ2) is 6.09. The van der Waals surface area contributed by atoms with E-state index in [9.17, 15) is 13.5 Å². The molecule has 0 heterocycles. The molecule has 0 fully saturated rings. The van der Waals surface area contributed by atoms with Crippen molar-refractivity contribution in [1.29, 1.82) is 0 Å². The van der Waals surface area contributed by atoms with Crippen molar-refractivity contribution in [3.05, 3.63) is 23.2 Å². The van der Waals surface area contributed by atoms with Crippen LogP contribution in [0.25, 0.3) is 0 Å². The molecule has 0 atom stereocenters. The van der Waals surface area contributed by atoms with E-state index in [1.807, 2.05) is 0 Å². The van der Waals surface area contributed by atoms with Crippen LogP contribution >= 0.6 is 11.6 Å². The van der Waals surface area contributed by atoms with Gasteiger partial charge in [-0.1, -0.05) is 17.7 Å². The van der Waals surface area contributed by atoms with E-state index >= 15 is 0 Å². The van der Waals surface area contributed by atoms with Gasteiger partial charge in [-0.3, -0.25) is 4.72 Å². The van der Waals surface area contributed by atoms with Gasteiger partial charge in [0.2, 0.25) is 10.0 Å². The van der Waals surface area contributed by atoms with Gasteiger partial charge < -0.3 is 9.84 Å². The van der Waals surface area contributed by atoms with Crippen molar-refractivity contribution < 1.29 is 18.3 Å². The Bertz CT molecular complexity index is 475. The zero-order chi connectivity index (χ0) is 12.9. The maximum atomic E-state index is 11.6. The summed E-state index contributed by atoms with van der Waals surface area (Å²) >= 11 is 5.66. The second-order valence-corrected chi connectivity index (χ2v) is 5.65. The van der Waals surface area contributed by atoms with Gasteiger partial charge in [0.25, 0.3) is 0 Å². The predicted molar refractivity (Wildman–Crippen MR) is 67.0 cm³/mol. The summed E-state index contributed by atoms with van der Waals surface area (Å²) in [6.45, 7) is 0.364. The molecule has 0 radical (unpaired) electrons. The van der Waals surface area contributed by atoms with E-state index < -0.39 is 10.0 Å². The van der Waals surface area contributed by atoms with Crippen molar-refractivity contribution in [3.63, 3.8) is 0 Å². The molecule has 1 rings (SSSR count). The SMILES string of the molecule is COCCCS(=O)(=O)Nc1cccc(Cl)c1O. The van der Waals surface area contributed by atoms with Crippen molar-refractivity contribution in [2.45, 2.75) is 6.42 Å². The minimum atomic E-state index is -3.49. The molecule has 0 bridgehead atoms. The van der Waals surface area contributed by atoms with Crippen molar-refractivity contribution in [3.8, 4) is 5.75 Å². The summed E-state index contributed by atoms with van der Waals surface area (Å²) in [6.07, 6.45) is 0.382. The highest BCUT2D eigenvalue weighted by atomic mass is 35.5. The lowest BCUT2D eigenvalue weighted by molar-refractivity contribution is 0.199. The molecule has 17 heavy (non-hydrogen) atoms. The van der Waals surface area contributed by atoms with Crippen molar-refractivity contribution in [1.82, 2.24) is 0 Å². The largest absolute Gasteiger partial charge is 0.504 e. The van der Waals surface area contributed by atoms with E-state index in [2.05, 4.69) is 4.72 Å². The third-order valence-electron chi connectivity index (χ3n) is 2.01. The molecule has 5 nitrogen and oxygen atoms in total. The lowest BCUT2D eigenvalue weighted by atomic mass is 10.3. The third kappa shape index (κ3) is 4.41. The molecule has 0 aliphatic carbocycles. The predicted octanol–water partition coefficient (Wildman–Crippen LogP) is 1.82. The first kappa shape index (κ1) is 14.1. The standard InChI is InChI=1S/C10H14ClNO4S/c1-16-6-3-7-17(14,15)12-9-5-2-4-8(11)10(9)13/h2,4-5,12-13H,3,6-7H2,1H3. The van der Waals surface area contributed by atoms with Crippen molar-refractivity contribution >= 4 is 27.3 Å². The summed E-state index contributed by atoms with van der Waals surface area (Å²) in [5, 5.41) is 9.65. The van der Waals surface area contributed by atoms with Crippen molar-refractivity contribution in [2.75, 3.05) is 24.2 Å². The Balaban J connectivity index is 2.73. The first-order chi connectivity index (χ1) is 7.96. The van der Waals surface area contributed by atoms with Crippen LogP contribution in [-0.4, -0.2) is 33.0 Å². The number of ether oxygens (including phenoxy) is 1. The summed E-state index contributed by atoms with van der Waals surface area (Å²) in [6, 6.07) is 4.46. The highest BCUT2D eigenvalue weighted by Crippen LogP contribution is 2.31. The molecule has 96 valence electrons. The Kier molecular flexibility index (Phi) is 5.04. The number of sulfonamides is 1. The lowest BCUT2D eigenvalue weighted by Gasteiger charge is -2.09. The van der Waals surface area contributed by atoms with Gasteiger partial charge in [-0.25, -0.2) is 8.42 Å². The van der Waals surface area contributed by atoms with Gasteiger partial charge in [0.05, 0.1) is 16.5 Å². The van der Waals surface area contributed by atoms with Crippen LogP contribution in [0.1, 0.15) is 6.42 Å². The minimum Gasteiger partial charge on any atom is -0.504 e. The fourth-order valence-corrected chi connectivity index (χ4v) is 2.48. The van der Waals surface area contributed by atoms with Gasteiger partial charge >= 0.3 is 0 Å². The Labute approximate surface area is 105 Å². The van der Waals surface area contributed by atoms with E-state index in [0.717, 1.165) is 0 Å². The first-order valence-electron chi connectivity index (χ1n) is 4.93. The van der Waals surface area contributed by atoms with Crippen LogP contribution < -0.4 is 4.72 Å². The van der Waals surface area contributed by atoms with Gasteiger partial charge in [0.1, 0.15) is 0 Å². The number of nitrogens with one attached hydrogen (secondary N) is 1. The van der Waals surface area contributed by atoms with E-state index in [-0.39, 0.29) is 22.2 Å². The number of halogens is 1. The minimum absolute atomic E-state index is 0.0766. The van der Waals surface area contributed by atoms with Gasteiger partial charge in [-0.2, -0.15) is 0 Å². The number of phenols is 1. The zero-order valence-corrected chi connectivity index (χ0v) is 10.9. The molecule has 0 unspecified atom stereocenters. The molecular weight excluding hydrogens is 266 g/mol. The number of benzene rings is 1. The van der Waals surface area contributed by atoms with Crippen LogP contribution in [0.4, 0.5) is 5.69 Å². The van der Waals surface area contributed by atoms with Crippen LogP contribution in [0.15, 0.2) is 18.2 Å². The molecule has 2 N–H and O–H groups in total. The number of anilines is 1. The topological polar surface area (TPSA) is 75.6 Å². The molecular formula is C10H14ClNO4S. The lowest BCUT2D eigenvalue weighted by Crippen LogP contribution is -2.17. The van der Waals surface area contributed by atoms with E-state index in [0.29, 0.717) is 13.0 Å². The number of aromatic hydroxyl groups is 1. The average Bonchev–Trinajstić information content (AvgIpc) is 2.25. The van der Waals surface area contributed by atoms with Crippen LogP contribution in [0.2, 0.25) is 5.02 Å². The Morgan fingerprint density at radius 2 is 2.18 bits per heavy atom. The highest BCUT2D eigenvalue weighted by Gasteiger charge is 2.13. The smallest absolute Gasteiger partial charge is 0.232 e. The molecule has 7 heteroatoms. The second-order valence-electron chi connectivity index (χ2n) is 3.40. The first-order valence-corrected chi connectivity index (χ1v) is 6.96. The van der Waals surface area contributed by atoms with Gasteiger partial charge in [-0.15, -0.1) is 0 Å². The van der Waals surface area contributed by atoms with Crippen LogP contribution in [0.5, 0.6) is 5.75 Å². The number of para-hydroxylation sites is 1. The fraction of sp³-hybridized carbons (Fsp3) is 0.400. The maximum Gasteiger partial charge on any atom is 0.232 e. The van der Waals surface area contributed by atoms with Gasteiger partial charge in [-0.05, 0) is 18.6 Å². The van der Waals surface area contributed by atoms with E-state index in [4.69, 9.17) is 16.3 Å². The van der Waals surface area contributed by atoms with Crippen LogP contribution in [-0.2, 0) is 14.8 Å². The van der Waals surface area contributed by atoms with Gasteiger partial charge in [0, 0.05) is 13.7 Å². The van der Waals surface area contributed by atoms with E-state index in [1.54, 1.807) is 6.07 Å². The third-order valence-corrected chi connectivity index (χ3v) is 3.68. The Hall–Kier alpha value is -0.980. The van der Waals surface area contributed by atoms with E-state index in [1.165, 1.54) is 19.2 Å². The molecule has 0 saturated heterocycles. The highest BCUT2D eigenvalue weighted by molar-refractivity contribution is 7.92. The number of phenolic OH excluding ortho intramolecular Hbond substituents is 1. The molecule has 0 saturated carbocycles. The Morgan fingerprint density at radius 3 is 2.82 bits per heavy atom. The molecule has 0 aliphatic heterocycles. The summed E-state index contributed by atoms with van der Waals surface area (Å²) in [5.41, 5.74) is 0.0786. The Morgan fingerprint density at radius 1 is 1.47 bits per heavy atom. The summed E-state index contributed by atoms with van der Waals surface area (Å²) in [4.78, 5) is 0. The molecule has 0 amide bonds. The maximum absolute atomic E-state index is 11.6. The summed E-state index contributed by atoms with van der Waals surface area (Å²) in [7, 11) is -1.99. The van der Waals surface area contributed by atoms with Gasteiger partial charge in [0.15, 0.2) is 5.75 Å². The number of hydrogen-bond donors (Lipinski definition) is 2. The monoisotopic (exact) mass is 279 g/mol. The molecule has 0 spiro atoms. The summed E-state index contributed by atoms with van der Waals surface area (Å²) in [5.74, 6) is -0.350. The van der Waals surface area contributed by atoms with Crippen LogP contribution in [0, 0.1) is 0 Å². The molecule has 1 aromatic carbocycles. The number of methoxy groups -OCH3 is 1.